The van der Waals surface area contributed by atoms with Crippen molar-refractivity contribution in [2.45, 2.75) is 12.0 Å². The molecule has 8 heteroatoms. The molecule has 0 aromatic heterocycles. The van der Waals surface area contributed by atoms with Crippen molar-refractivity contribution in [2.75, 3.05) is 18.5 Å². The van der Waals surface area contributed by atoms with Crippen molar-refractivity contribution in [3.05, 3.63) is 34.1 Å². The van der Waals surface area contributed by atoms with Crippen LogP contribution in [0.1, 0.15) is 6.42 Å². The molecule has 3 N–H and O–H groups in total. The van der Waals surface area contributed by atoms with E-state index in [1.165, 1.54) is 0 Å². The van der Waals surface area contributed by atoms with Gasteiger partial charge in [0, 0.05) is 6.61 Å². The number of nitrogens with one attached hydrogen (secondary N) is 1. The van der Waals surface area contributed by atoms with E-state index in [1.54, 1.807) is 0 Å². The molecule has 1 saturated heterocycles. The zero-order chi connectivity index (χ0) is 14.0. The third-order valence-electron chi connectivity index (χ3n) is 2.91. The lowest BCUT2D eigenvalue weighted by Crippen LogP contribution is -2.51. The number of nitrogens with zero attached hydrogens (tertiary/aromatic N) is 1. The summed E-state index contributed by atoms with van der Waals surface area (Å²) in [5.74, 6) is -1.34. The molecule has 1 unspecified atom stereocenters. The number of ether oxygens (including phenoxy) is 1. The van der Waals surface area contributed by atoms with Crippen LogP contribution in [0.15, 0.2) is 18.2 Å². The van der Waals surface area contributed by atoms with Gasteiger partial charge < -0.3 is 15.8 Å². The summed E-state index contributed by atoms with van der Waals surface area (Å²) in [4.78, 5) is 22.0. The number of halogens is 1. The van der Waals surface area contributed by atoms with Crippen LogP contribution in [0, 0.1) is 15.9 Å². The molecule has 1 heterocycles. The second-order valence-corrected chi connectivity index (χ2v) is 4.33. The summed E-state index contributed by atoms with van der Waals surface area (Å²) in [6, 6.07) is 2.89. The predicted octanol–water partition coefficient (Wildman–Crippen LogP) is 0.790. The number of anilines is 1. The number of hydrogen-bond donors (Lipinski definition) is 2. The normalized spacial score (nSPS) is 22.2. The molecule has 0 radical (unpaired) electrons. The lowest BCUT2D eigenvalue weighted by Gasteiger charge is -2.20. The fraction of sp³-hybridized carbons (Fsp3) is 0.364. The average molecular weight is 269 g/mol. The molecule has 1 fully saturated rings. The van der Waals surface area contributed by atoms with Gasteiger partial charge in [0.25, 0.3) is 5.69 Å². The number of nitro benzene ring substituents is 1. The molecular formula is C11H12FN3O4. The summed E-state index contributed by atoms with van der Waals surface area (Å²) in [5, 5.41) is 13.1. The molecule has 1 aliphatic rings. The highest BCUT2D eigenvalue weighted by molar-refractivity contribution is 5.99. The van der Waals surface area contributed by atoms with Gasteiger partial charge in [0.1, 0.15) is 17.0 Å². The van der Waals surface area contributed by atoms with Gasteiger partial charge in [-0.2, -0.15) is 0 Å². The maximum atomic E-state index is 13.0. The smallest absolute Gasteiger partial charge is 0.295 e. The molecule has 0 spiro atoms. The van der Waals surface area contributed by atoms with Crippen LogP contribution in [0.4, 0.5) is 15.8 Å². The largest absolute Gasteiger partial charge is 0.379 e. The summed E-state index contributed by atoms with van der Waals surface area (Å²) < 4.78 is 18.0. The topological polar surface area (TPSA) is 107 Å². The van der Waals surface area contributed by atoms with Crippen molar-refractivity contribution >= 4 is 17.3 Å². The number of nitrogens with two attached hydrogens (primary N) is 1. The van der Waals surface area contributed by atoms with Gasteiger partial charge in [0.2, 0.25) is 5.91 Å². The van der Waals surface area contributed by atoms with Crippen molar-refractivity contribution < 1.29 is 18.8 Å². The third-order valence-corrected chi connectivity index (χ3v) is 2.91. The molecule has 7 nitrogen and oxygen atoms in total. The highest BCUT2D eigenvalue weighted by Gasteiger charge is 2.39. The van der Waals surface area contributed by atoms with Gasteiger partial charge >= 0.3 is 0 Å². The Balaban J connectivity index is 2.23. The number of nitro groups is 1. The molecule has 0 saturated carbocycles. The highest BCUT2D eigenvalue weighted by Crippen LogP contribution is 2.26. The Hall–Kier alpha value is -2.06. The molecule has 1 aliphatic heterocycles. The number of benzene rings is 1. The fourth-order valence-electron chi connectivity index (χ4n) is 1.77. The number of hydrogen-bond acceptors (Lipinski definition) is 5. The minimum absolute atomic E-state index is 0.0494. The minimum Gasteiger partial charge on any atom is -0.379 e. The first-order valence-electron chi connectivity index (χ1n) is 5.54. The second-order valence-electron chi connectivity index (χ2n) is 4.33. The van der Waals surface area contributed by atoms with Gasteiger partial charge in [-0.1, -0.05) is 0 Å². The summed E-state index contributed by atoms with van der Waals surface area (Å²) >= 11 is 0. The van der Waals surface area contributed by atoms with Gasteiger partial charge in [-0.05, 0) is 18.6 Å². The van der Waals surface area contributed by atoms with Crippen molar-refractivity contribution in [1.82, 2.24) is 0 Å². The number of amides is 1. The Kier molecular flexibility index (Phi) is 3.45. The minimum atomic E-state index is -1.21. The molecule has 1 aromatic rings. The summed E-state index contributed by atoms with van der Waals surface area (Å²) in [6.07, 6.45) is 0.327. The summed E-state index contributed by atoms with van der Waals surface area (Å²) in [5.41, 5.74) is 4.01. The molecule has 102 valence electrons. The lowest BCUT2D eigenvalue weighted by molar-refractivity contribution is -0.384. The van der Waals surface area contributed by atoms with Crippen LogP contribution in [-0.4, -0.2) is 29.6 Å². The van der Waals surface area contributed by atoms with Crippen molar-refractivity contribution in [2.24, 2.45) is 5.73 Å². The van der Waals surface area contributed by atoms with Crippen LogP contribution in [-0.2, 0) is 9.53 Å². The van der Waals surface area contributed by atoms with E-state index in [0.717, 1.165) is 18.2 Å². The monoisotopic (exact) mass is 269 g/mol. The summed E-state index contributed by atoms with van der Waals surface area (Å²) in [6.45, 7) is 0.406. The number of carbonyl (C=O) groups excluding carboxylic acids is 1. The van der Waals surface area contributed by atoms with E-state index in [9.17, 15) is 19.3 Å². The molecule has 1 aromatic carbocycles. The molecular weight excluding hydrogens is 257 g/mol. The standard InChI is InChI=1S/C11H12FN3O4/c12-7-1-2-8(9(5-7)15(17)18)14-10(16)11(13)3-4-19-6-11/h1-2,5H,3-4,6,13H2,(H,14,16). The molecule has 0 aliphatic carbocycles. The van der Waals surface area contributed by atoms with Crippen molar-refractivity contribution in [3.8, 4) is 0 Å². The van der Waals surface area contributed by atoms with Crippen molar-refractivity contribution in [3.63, 3.8) is 0 Å². The van der Waals surface area contributed by atoms with Gasteiger partial charge in [0.15, 0.2) is 0 Å². The molecule has 1 atom stereocenters. The van der Waals surface area contributed by atoms with Crippen LogP contribution < -0.4 is 11.1 Å². The van der Waals surface area contributed by atoms with Crippen LogP contribution in [0.3, 0.4) is 0 Å². The first kappa shape index (κ1) is 13.4. The van der Waals surface area contributed by atoms with E-state index in [4.69, 9.17) is 10.5 Å². The van der Waals surface area contributed by atoms with E-state index in [1.807, 2.05) is 0 Å². The van der Waals surface area contributed by atoms with Crippen LogP contribution in [0.2, 0.25) is 0 Å². The maximum Gasteiger partial charge on any atom is 0.295 e. The van der Waals surface area contributed by atoms with Gasteiger partial charge in [-0.3, -0.25) is 14.9 Å². The Bertz CT molecular complexity index is 529. The first-order valence-corrected chi connectivity index (χ1v) is 5.54. The average Bonchev–Trinajstić information content (AvgIpc) is 2.79. The third kappa shape index (κ3) is 2.69. The van der Waals surface area contributed by atoms with E-state index in [0.29, 0.717) is 13.0 Å². The Morgan fingerprint density at radius 2 is 2.32 bits per heavy atom. The van der Waals surface area contributed by atoms with Crippen LogP contribution in [0.25, 0.3) is 0 Å². The van der Waals surface area contributed by atoms with E-state index >= 15 is 0 Å². The number of carbonyl (C=O) groups is 1. The predicted molar refractivity (Wildman–Crippen MR) is 64.0 cm³/mol. The van der Waals surface area contributed by atoms with Crippen molar-refractivity contribution in [1.29, 1.82) is 0 Å². The van der Waals surface area contributed by atoms with E-state index in [2.05, 4.69) is 5.32 Å². The van der Waals surface area contributed by atoms with Gasteiger partial charge in [0.05, 0.1) is 17.6 Å². The zero-order valence-corrected chi connectivity index (χ0v) is 9.89. The lowest BCUT2D eigenvalue weighted by atomic mass is 9.99. The molecule has 0 bridgehead atoms. The SMILES string of the molecule is NC1(C(=O)Nc2ccc(F)cc2[N+](=O)[O-])CCOC1. The highest BCUT2D eigenvalue weighted by atomic mass is 19.1. The van der Waals surface area contributed by atoms with Gasteiger partial charge in [-0.15, -0.1) is 0 Å². The maximum absolute atomic E-state index is 13.0. The van der Waals surface area contributed by atoms with Crippen LogP contribution in [0.5, 0.6) is 0 Å². The fourth-order valence-corrected chi connectivity index (χ4v) is 1.77. The van der Waals surface area contributed by atoms with E-state index in [-0.39, 0.29) is 12.3 Å². The Morgan fingerprint density at radius 3 is 2.89 bits per heavy atom. The zero-order valence-electron chi connectivity index (χ0n) is 9.89. The second kappa shape index (κ2) is 4.90. The molecule has 19 heavy (non-hydrogen) atoms. The molecule has 1 amide bonds. The number of rotatable bonds is 3. The Labute approximate surface area is 107 Å². The molecule has 2 rings (SSSR count). The Morgan fingerprint density at radius 1 is 1.58 bits per heavy atom. The quantitative estimate of drug-likeness (QED) is 0.623. The van der Waals surface area contributed by atoms with Gasteiger partial charge in [-0.25, -0.2) is 4.39 Å². The summed E-state index contributed by atoms with van der Waals surface area (Å²) in [7, 11) is 0. The first-order chi connectivity index (χ1) is 8.92. The van der Waals surface area contributed by atoms with E-state index < -0.39 is 27.9 Å². The van der Waals surface area contributed by atoms with Crippen LogP contribution >= 0.6 is 0 Å².